The highest BCUT2D eigenvalue weighted by Gasteiger charge is 2.27. The molecule has 0 aliphatic carbocycles. The van der Waals surface area contributed by atoms with Crippen LogP contribution in [0.25, 0.3) is 0 Å². The van der Waals surface area contributed by atoms with Crippen LogP contribution in [-0.2, 0) is 4.74 Å². The first-order chi connectivity index (χ1) is 6.41. The molecule has 1 saturated heterocycles. The summed E-state index contributed by atoms with van der Waals surface area (Å²) in [6.07, 6.45) is 0. The SMILES string of the molecule is CC(CN1CCOC(C)(C)C1)C(=N)N. The molecule has 0 aromatic carbocycles. The molecule has 0 amide bonds. The van der Waals surface area contributed by atoms with Crippen LogP contribution in [0, 0.1) is 11.3 Å². The Morgan fingerprint density at radius 3 is 2.79 bits per heavy atom. The van der Waals surface area contributed by atoms with Gasteiger partial charge in [-0.1, -0.05) is 6.92 Å². The normalized spacial score (nSPS) is 24.5. The second kappa shape index (κ2) is 4.28. The Morgan fingerprint density at radius 2 is 2.29 bits per heavy atom. The van der Waals surface area contributed by atoms with E-state index < -0.39 is 0 Å². The van der Waals surface area contributed by atoms with Crippen LogP contribution in [0.1, 0.15) is 20.8 Å². The number of amidine groups is 1. The van der Waals surface area contributed by atoms with Crippen molar-refractivity contribution >= 4 is 5.84 Å². The van der Waals surface area contributed by atoms with E-state index in [-0.39, 0.29) is 17.4 Å². The van der Waals surface area contributed by atoms with Gasteiger partial charge in [0.2, 0.25) is 0 Å². The molecule has 1 unspecified atom stereocenters. The lowest BCUT2D eigenvalue weighted by atomic mass is 10.1. The van der Waals surface area contributed by atoms with Gasteiger partial charge in [0.05, 0.1) is 18.0 Å². The monoisotopic (exact) mass is 199 g/mol. The van der Waals surface area contributed by atoms with E-state index in [1.807, 2.05) is 6.92 Å². The van der Waals surface area contributed by atoms with Gasteiger partial charge in [-0.05, 0) is 13.8 Å². The summed E-state index contributed by atoms with van der Waals surface area (Å²) in [5.74, 6) is 0.415. The molecular formula is C10H21N3O. The Balaban J connectivity index is 2.42. The first-order valence-corrected chi connectivity index (χ1v) is 5.11. The Hall–Kier alpha value is -0.610. The van der Waals surface area contributed by atoms with Crippen LogP contribution in [0.3, 0.4) is 0 Å². The number of ether oxygens (including phenoxy) is 1. The second-order valence-corrected chi connectivity index (χ2v) is 4.70. The Labute approximate surface area is 85.9 Å². The molecule has 0 radical (unpaired) electrons. The van der Waals surface area contributed by atoms with Crippen LogP contribution in [-0.4, -0.2) is 42.6 Å². The van der Waals surface area contributed by atoms with Crippen molar-refractivity contribution in [2.24, 2.45) is 11.7 Å². The van der Waals surface area contributed by atoms with E-state index in [2.05, 4.69) is 18.7 Å². The number of rotatable bonds is 3. The van der Waals surface area contributed by atoms with E-state index in [9.17, 15) is 0 Å². The van der Waals surface area contributed by atoms with E-state index in [1.54, 1.807) is 0 Å². The van der Waals surface area contributed by atoms with E-state index in [4.69, 9.17) is 15.9 Å². The lowest BCUT2D eigenvalue weighted by molar-refractivity contribution is -0.0871. The van der Waals surface area contributed by atoms with Crippen molar-refractivity contribution < 1.29 is 4.74 Å². The molecule has 0 aromatic rings. The lowest BCUT2D eigenvalue weighted by Gasteiger charge is -2.39. The van der Waals surface area contributed by atoms with Crippen molar-refractivity contribution in [2.75, 3.05) is 26.2 Å². The quantitative estimate of drug-likeness (QED) is 0.519. The standard InChI is InChI=1S/C10H21N3O/c1-8(9(11)12)6-13-4-5-14-10(2,3)7-13/h8H,4-7H2,1-3H3,(H3,11,12). The Kier molecular flexibility index (Phi) is 3.50. The molecule has 1 fully saturated rings. The minimum atomic E-state index is -0.0608. The van der Waals surface area contributed by atoms with E-state index in [0.29, 0.717) is 0 Å². The molecule has 1 atom stereocenters. The van der Waals surface area contributed by atoms with Gasteiger partial charge >= 0.3 is 0 Å². The largest absolute Gasteiger partial charge is 0.387 e. The van der Waals surface area contributed by atoms with Crippen molar-refractivity contribution in [3.63, 3.8) is 0 Å². The van der Waals surface area contributed by atoms with Crippen molar-refractivity contribution in [2.45, 2.75) is 26.4 Å². The summed E-state index contributed by atoms with van der Waals surface area (Å²) in [7, 11) is 0. The molecule has 0 spiro atoms. The Morgan fingerprint density at radius 1 is 1.64 bits per heavy atom. The molecule has 4 heteroatoms. The van der Waals surface area contributed by atoms with Crippen LogP contribution in [0.15, 0.2) is 0 Å². The highest BCUT2D eigenvalue weighted by atomic mass is 16.5. The van der Waals surface area contributed by atoms with Crippen LogP contribution < -0.4 is 5.73 Å². The van der Waals surface area contributed by atoms with Crippen molar-refractivity contribution in [3.05, 3.63) is 0 Å². The summed E-state index contributed by atoms with van der Waals surface area (Å²) in [6, 6.07) is 0. The van der Waals surface area contributed by atoms with Gasteiger partial charge in [-0.15, -0.1) is 0 Å². The molecular weight excluding hydrogens is 178 g/mol. The van der Waals surface area contributed by atoms with Crippen molar-refractivity contribution in [1.29, 1.82) is 5.41 Å². The van der Waals surface area contributed by atoms with Gasteiger partial charge < -0.3 is 10.5 Å². The third-order valence-corrected chi connectivity index (χ3v) is 2.57. The maximum atomic E-state index is 7.34. The summed E-state index contributed by atoms with van der Waals surface area (Å²) < 4.78 is 5.61. The highest BCUT2D eigenvalue weighted by molar-refractivity contribution is 5.79. The minimum absolute atomic E-state index is 0.0608. The zero-order chi connectivity index (χ0) is 10.8. The number of nitrogens with two attached hydrogens (primary N) is 1. The number of nitrogens with zero attached hydrogens (tertiary/aromatic N) is 1. The van der Waals surface area contributed by atoms with E-state index in [0.717, 1.165) is 26.2 Å². The molecule has 4 nitrogen and oxygen atoms in total. The third-order valence-electron chi connectivity index (χ3n) is 2.57. The summed E-state index contributed by atoms with van der Waals surface area (Å²) >= 11 is 0. The lowest BCUT2D eigenvalue weighted by Crippen LogP contribution is -2.50. The average Bonchev–Trinajstić information content (AvgIpc) is 2.01. The number of hydrogen-bond donors (Lipinski definition) is 2. The van der Waals surface area contributed by atoms with Gasteiger partial charge in [0.1, 0.15) is 0 Å². The van der Waals surface area contributed by atoms with E-state index in [1.165, 1.54) is 0 Å². The summed E-state index contributed by atoms with van der Waals surface area (Å²) in [6.45, 7) is 9.69. The van der Waals surface area contributed by atoms with Gasteiger partial charge in [0.15, 0.2) is 0 Å². The maximum absolute atomic E-state index is 7.34. The zero-order valence-corrected chi connectivity index (χ0v) is 9.34. The molecule has 0 bridgehead atoms. The number of morpholine rings is 1. The van der Waals surface area contributed by atoms with Crippen LogP contribution in [0.5, 0.6) is 0 Å². The van der Waals surface area contributed by atoms with Crippen molar-refractivity contribution in [1.82, 2.24) is 4.90 Å². The van der Waals surface area contributed by atoms with Gasteiger partial charge in [-0.25, -0.2) is 0 Å². The highest BCUT2D eigenvalue weighted by Crippen LogP contribution is 2.17. The molecule has 82 valence electrons. The van der Waals surface area contributed by atoms with Crippen LogP contribution in [0.2, 0.25) is 0 Å². The second-order valence-electron chi connectivity index (χ2n) is 4.70. The number of hydrogen-bond acceptors (Lipinski definition) is 3. The predicted octanol–water partition coefficient (Wildman–Crippen LogP) is 0.669. The topological polar surface area (TPSA) is 62.3 Å². The fourth-order valence-corrected chi connectivity index (χ4v) is 1.76. The van der Waals surface area contributed by atoms with E-state index >= 15 is 0 Å². The molecule has 0 aromatic heterocycles. The van der Waals surface area contributed by atoms with Crippen molar-refractivity contribution in [3.8, 4) is 0 Å². The smallest absolute Gasteiger partial charge is 0.0947 e. The third kappa shape index (κ3) is 3.27. The first kappa shape index (κ1) is 11.5. The predicted molar refractivity (Wildman–Crippen MR) is 57.5 cm³/mol. The number of nitrogens with one attached hydrogen (secondary N) is 1. The molecule has 1 aliphatic heterocycles. The average molecular weight is 199 g/mol. The molecule has 0 saturated carbocycles. The fourth-order valence-electron chi connectivity index (χ4n) is 1.76. The Bertz CT molecular complexity index is 215. The summed E-state index contributed by atoms with van der Waals surface area (Å²) in [5, 5.41) is 7.34. The summed E-state index contributed by atoms with van der Waals surface area (Å²) in [4.78, 5) is 2.32. The minimum Gasteiger partial charge on any atom is -0.387 e. The molecule has 1 aliphatic rings. The fraction of sp³-hybridized carbons (Fsp3) is 0.900. The zero-order valence-electron chi connectivity index (χ0n) is 9.34. The van der Waals surface area contributed by atoms with Crippen LogP contribution >= 0.6 is 0 Å². The summed E-state index contributed by atoms with van der Waals surface area (Å²) in [5.41, 5.74) is 5.39. The first-order valence-electron chi connectivity index (χ1n) is 5.11. The van der Waals surface area contributed by atoms with Gasteiger partial charge in [-0.3, -0.25) is 10.3 Å². The van der Waals surface area contributed by atoms with Gasteiger partial charge in [0.25, 0.3) is 0 Å². The molecule has 1 rings (SSSR count). The molecule has 14 heavy (non-hydrogen) atoms. The molecule has 3 N–H and O–H groups in total. The van der Waals surface area contributed by atoms with Gasteiger partial charge in [-0.2, -0.15) is 0 Å². The maximum Gasteiger partial charge on any atom is 0.0947 e. The van der Waals surface area contributed by atoms with Crippen LogP contribution in [0.4, 0.5) is 0 Å². The molecule has 1 heterocycles. The van der Waals surface area contributed by atoms with Gasteiger partial charge in [0, 0.05) is 25.6 Å².